The van der Waals surface area contributed by atoms with E-state index in [1.54, 1.807) is 6.92 Å². The first-order valence-corrected chi connectivity index (χ1v) is 8.21. The number of rotatable bonds is 4. The Hall–Kier alpha value is -2.24. The zero-order valence-corrected chi connectivity index (χ0v) is 14.7. The number of guanidine groups is 1. The first kappa shape index (κ1) is 21.1. The van der Waals surface area contributed by atoms with E-state index in [0.29, 0.717) is 0 Å². The lowest BCUT2D eigenvalue weighted by Gasteiger charge is -2.20. The summed E-state index contributed by atoms with van der Waals surface area (Å²) in [5.74, 6) is -1.29. The van der Waals surface area contributed by atoms with E-state index < -0.39 is 36.2 Å². The summed E-state index contributed by atoms with van der Waals surface area (Å²) in [7, 11) is 0. The highest BCUT2D eigenvalue weighted by Crippen LogP contribution is 2.24. The van der Waals surface area contributed by atoms with E-state index in [4.69, 9.17) is 5.11 Å². The maximum absolute atomic E-state index is 13.3. The highest BCUT2D eigenvalue weighted by molar-refractivity contribution is 6.02. The molecule has 1 aliphatic heterocycles. The molecule has 0 spiro atoms. The molecule has 27 heavy (non-hydrogen) atoms. The van der Waals surface area contributed by atoms with Crippen LogP contribution in [-0.2, 0) is 0 Å². The third-order valence-corrected chi connectivity index (χ3v) is 3.88. The van der Waals surface area contributed by atoms with Crippen LogP contribution in [0, 0.1) is 12.7 Å². The van der Waals surface area contributed by atoms with Gasteiger partial charge in [-0.3, -0.25) is 4.79 Å². The molecule has 0 saturated carbocycles. The molecule has 1 aromatic carbocycles. The number of hydrogen-bond acceptors (Lipinski definition) is 4. The molecule has 11 heteroatoms. The summed E-state index contributed by atoms with van der Waals surface area (Å²) in [6.45, 7) is 2.81. The van der Waals surface area contributed by atoms with E-state index >= 15 is 0 Å². The summed E-state index contributed by atoms with van der Waals surface area (Å²) in [5, 5.41) is 14.6. The Morgan fingerprint density at radius 2 is 2.11 bits per heavy atom. The normalized spacial score (nSPS) is 21.8. The topological polar surface area (TPSA) is 97.8 Å². The van der Waals surface area contributed by atoms with Crippen LogP contribution >= 0.6 is 0 Å². The molecule has 1 aliphatic rings. The van der Waals surface area contributed by atoms with Gasteiger partial charge in [0.15, 0.2) is 0 Å². The molecular formula is C16H21F4N5O2. The van der Waals surface area contributed by atoms with Gasteiger partial charge in [0.2, 0.25) is 5.96 Å². The van der Waals surface area contributed by atoms with Crippen LogP contribution in [0.15, 0.2) is 23.2 Å². The molecule has 1 heterocycles. The second-order valence-corrected chi connectivity index (χ2v) is 6.27. The molecule has 150 valence electrons. The van der Waals surface area contributed by atoms with Crippen molar-refractivity contribution in [2.24, 2.45) is 4.99 Å². The molecule has 0 aromatic heterocycles. The van der Waals surface area contributed by atoms with Crippen LogP contribution < -0.4 is 21.5 Å². The van der Waals surface area contributed by atoms with Gasteiger partial charge < -0.3 is 15.7 Å². The summed E-state index contributed by atoms with van der Waals surface area (Å²) < 4.78 is 51.6. The number of halogens is 4. The molecule has 3 atom stereocenters. The van der Waals surface area contributed by atoms with Crippen LogP contribution in [0.4, 0.5) is 17.6 Å². The van der Waals surface area contributed by atoms with Crippen LogP contribution in [0.3, 0.4) is 0 Å². The van der Waals surface area contributed by atoms with Crippen LogP contribution in [0.5, 0.6) is 0 Å². The van der Waals surface area contributed by atoms with E-state index in [9.17, 15) is 22.4 Å². The molecule has 2 unspecified atom stereocenters. The largest absolute Gasteiger partial charge is 0.405 e. The number of alkyl halides is 3. The van der Waals surface area contributed by atoms with Crippen LogP contribution in [0.25, 0.3) is 0 Å². The van der Waals surface area contributed by atoms with E-state index in [1.165, 1.54) is 19.1 Å². The van der Waals surface area contributed by atoms with Gasteiger partial charge in [-0.15, -0.1) is 0 Å². The van der Waals surface area contributed by atoms with Crippen LogP contribution in [0.1, 0.15) is 29.3 Å². The number of carbonyl (C=O) groups excluding carboxylic acids is 1. The summed E-state index contributed by atoms with van der Waals surface area (Å²) in [4.78, 5) is 16.1. The lowest BCUT2D eigenvalue weighted by atomic mass is 10.1. The van der Waals surface area contributed by atoms with Crippen molar-refractivity contribution in [3.05, 3.63) is 35.1 Å². The van der Waals surface area contributed by atoms with Crippen LogP contribution in [-0.4, -0.2) is 48.0 Å². The Balaban J connectivity index is 2.14. The Morgan fingerprint density at radius 3 is 2.67 bits per heavy atom. The zero-order chi connectivity index (χ0) is 20.2. The number of hydrogen-bond donors (Lipinski definition) is 5. The molecule has 1 saturated heterocycles. The number of carbonyl (C=O) groups is 1. The highest BCUT2D eigenvalue weighted by atomic mass is 19.4. The van der Waals surface area contributed by atoms with Gasteiger partial charge in [0.1, 0.15) is 11.9 Å². The fourth-order valence-electron chi connectivity index (χ4n) is 2.36. The van der Waals surface area contributed by atoms with Crippen molar-refractivity contribution in [3.8, 4) is 0 Å². The second-order valence-electron chi connectivity index (χ2n) is 6.27. The molecule has 1 amide bonds. The highest BCUT2D eigenvalue weighted by Gasteiger charge is 2.44. The molecule has 0 bridgehead atoms. The van der Waals surface area contributed by atoms with Gasteiger partial charge in [-0.25, -0.2) is 15.2 Å². The van der Waals surface area contributed by atoms with Gasteiger partial charge in [-0.2, -0.15) is 18.2 Å². The number of aliphatic hydroxyl groups excluding tert-OH is 1. The molecule has 1 fully saturated rings. The standard InChI is InChI=1S/C16H21F4N5O2/c1-8-5-10(3-4-11(8)17)14(27)23-15(21-9(2)7-26)22-13-6-12(24-25-13)16(18,19)20/h3-5,9,12-13,24-26H,6-7H2,1-2H3,(H2,21,22,23,27)/t9-,12?,13?/m1/s1. The zero-order valence-electron chi connectivity index (χ0n) is 14.7. The predicted molar refractivity (Wildman–Crippen MR) is 90.2 cm³/mol. The van der Waals surface area contributed by atoms with Crippen molar-refractivity contribution in [2.45, 2.75) is 44.7 Å². The smallest absolute Gasteiger partial charge is 0.394 e. The van der Waals surface area contributed by atoms with Crippen molar-refractivity contribution in [2.75, 3.05) is 6.61 Å². The minimum atomic E-state index is -4.42. The van der Waals surface area contributed by atoms with Crippen molar-refractivity contribution in [1.82, 2.24) is 21.5 Å². The van der Waals surface area contributed by atoms with Gasteiger partial charge in [0.05, 0.1) is 12.8 Å². The van der Waals surface area contributed by atoms with E-state index in [0.717, 1.165) is 6.07 Å². The quantitative estimate of drug-likeness (QED) is 0.298. The van der Waals surface area contributed by atoms with Crippen molar-refractivity contribution < 1.29 is 27.5 Å². The first-order chi connectivity index (χ1) is 12.6. The predicted octanol–water partition coefficient (Wildman–Crippen LogP) is 0.945. The summed E-state index contributed by atoms with van der Waals surface area (Å²) >= 11 is 0. The number of aliphatic imine (C=N–C) groups is 1. The fraction of sp³-hybridized carbons (Fsp3) is 0.500. The lowest BCUT2D eigenvalue weighted by molar-refractivity contribution is -0.153. The SMILES string of the molecule is Cc1cc(C(=O)/N=C(\NC2CC(C(F)(F)F)NN2)N[C@H](C)CO)ccc1F. The number of nitrogens with one attached hydrogen (secondary N) is 4. The Labute approximate surface area is 153 Å². The maximum atomic E-state index is 13.3. The Morgan fingerprint density at radius 1 is 1.41 bits per heavy atom. The number of amides is 1. The lowest BCUT2D eigenvalue weighted by Crippen LogP contribution is -2.52. The van der Waals surface area contributed by atoms with Gasteiger partial charge >= 0.3 is 6.18 Å². The maximum Gasteiger partial charge on any atom is 0.405 e. The van der Waals surface area contributed by atoms with E-state index in [2.05, 4.69) is 26.5 Å². The number of aryl methyl sites for hydroxylation is 1. The van der Waals surface area contributed by atoms with E-state index in [1.807, 2.05) is 0 Å². The number of benzene rings is 1. The molecule has 5 N–H and O–H groups in total. The minimum absolute atomic E-state index is 0.106. The van der Waals surface area contributed by atoms with Gasteiger partial charge in [-0.05, 0) is 37.6 Å². The summed E-state index contributed by atoms with van der Waals surface area (Å²) in [6.07, 6.45) is -5.60. The first-order valence-electron chi connectivity index (χ1n) is 8.21. The van der Waals surface area contributed by atoms with Crippen molar-refractivity contribution in [1.29, 1.82) is 0 Å². The molecule has 7 nitrogen and oxygen atoms in total. The fourth-order valence-corrected chi connectivity index (χ4v) is 2.36. The second kappa shape index (κ2) is 8.63. The summed E-state index contributed by atoms with van der Waals surface area (Å²) in [6, 6.07) is 1.46. The van der Waals surface area contributed by atoms with Crippen molar-refractivity contribution in [3.63, 3.8) is 0 Å². The third kappa shape index (κ3) is 5.88. The minimum Gasteiger partial charge on any atom is -0.394 e. The van der Waals surface area contributed by atoms with Crippen molar-refractivity contribution >= 4 is 11.9 Å². The monoisotopic (exact) mass is 391 g/mol. The van der Waals surface area contributed by atoms with Gasteiger partial charge in [0, 0.05) is 18.0 Å². The Bertz CT molecular complexity index is 711. The molecular weight excluding hydrogens is 370 g/mol. The Kier molecular flexibility index (Phi) is 6.73. The van der Waals surface area contributed by atoms with Gasteiger partial charge in [-0.1, -0.05) is 0 Å². The number of nitrogens with zero attached hydrogens (tertiary/aromatic N) is 1. The molecule has 0 aliphatic carbocycles. The molecule has 1 aromatic rings. The van der Waals surface area contributed by atoms with Gasteiger partial charge in [0.25, 0.3) is 5.91 Å². The van der Waals surface area contributed by atoms with Crippen LogP contribution in [0.2, 0.25) is 0 Å². The number of aliphatic hydroxyl groups is 1. The molecule has 2 rings (SSSR count). The average Bonchev–Trinajstić information content (AvgIpc) is 3.05. The van der Waals surface area contributed by atoms with E-state index in [-0.39, 0.29) is 30.1 Å². The number of hydrazine groups is 1. The molecule has 0 radical (unpaired) electrons. The third-order valence-electron chi connectivity index (χ3n) is 3.88. The summed E-state index contributed by atoms with van der Waals surface area (Å²) in [5.41, 5.74) is 4.94. The average molecular weight is 391 g/mol.